The molecule has 0 saturated carbocycles. The van der Waals surface area contributed by atoms with Crippen molar-refractivity contribution in [3.8, 4) is 0 Å². The monoisotopic (exact) mass is 291 g/mol. The summed E-state index contributed by atoms with van der Waals surface area (Å²) in [7, 11) is 0. The van der Waals surface area contributed by atoms with Crippen LogP contribution in [0.15, 0.2) is 48.5 Å². The molecular weight excluding hydrogens is 274 g/mol. The standard InChI is InChI=1S/C18H17N3O/c22-17-18(12-6-1-2-7-13(12)19-17)16-10-5-11-21(16)15-9-4-3-8-14(15)20-18/h1-4,6-9,16,20H,5,10-11H2,(H,19,22). The van der Waals surface area contributed by atoms with Crippen LogP contribution in [-0.4, -0.2) is 18.5 Å². The van der Waals surface area contributed by atoms with E-state index in [1.165, 1.54) is 5.69 Å². The molecule has 2 N–H and O–H groups in total. The number of anilines is 3. The average Bonchev–Trinajstić information content (AvgIpc) is 3.13. The zero-order chi connectivity index (χ0) is 14.7. The van der Waals surface area contributed by atoms with Gasteiger partial charge < -0.3 is 15.5 Å². The molecule has 2 aromatic rings. The maximum Gasteiger partial charge on any atom is 0.256 e. The van der Waals surface area contributed by atoms with Crippen molar-refractivity contribution in [2.24, 2.45) is 0 Å². The molecule has 22 heavy (non-hydrogen) atoms. The zero-order valence-electron chi connectivity index (χ0n) is 12.2. The molecule has 2 atom stereocenters. The van der Waals surface area contributed by atoms with Gasteiger partial charge >= 0.3 is 0 Å². The van der Waals surface area contributed by atoms with Gasteiger partial charge in [0, 0.05) is 17.8 Å². The molecule has 1 spiro atoms. The second-order valence-electron chi connectivity index (χ2n) is 6.30. The van der Waals surface area contributed by atoms with Crippen LogP contribution in [0.1, 0.15) is 18.4 Å². The quantitative estimate of drug-likeness (QED) is 0.784. The maximum atomic E-state index is 13.0. The Bertz CT molecular complexity index is 787. The summed E-state index contributed by atoms with van der Waals surface area (Å²) in [6.07, 6.45) is 2.15. The van der Waals surface area contributed by atoms with Gasteiger partial charge in [-0.1, -0.05) is 30.3 Å². The third-order valence-corrected chi connectivity index (χ3v) is 5.26. The van der Waals surface area contributed by atoms with Crippen molar-refractivity contribution in [2.75, 3.05) is 22.1 Å². The molecule has 3 aliphatic heterocycles. The number of nitrogens with zero attached hydrogens (tertiary/aromatic N) is 1. The van der Waals surface area contributed by atoms with E-state index in [-0.39, 0.29) is 11.9 Å². The van der Waals surface area contributed by atoms with Crippen molar-refractivity contribution in [1.82, 2.24) is 0 Å². The van der Waals surface area contributed by atoms with Crippen LogP contribution in [-0.2, 0) is 10.3 Å². The number of hydrogen-bond acceptors (Lipinski definition) is 3. The molecule has 2 aromatic carbocycles. The minimum atomic E-state index is -0.665. The predicted octanol–water partition coefficient (Wildman–Crippen LogP) is 2.93. The fourth-order valence-corrected chi connectivity index (χ4v) is 4.36. The van der Waals surface area contributed by atoms with Gasteiger partial charge in [0.25, 0.3) is 5.91 Å². The van der Waals surface area contributed by atoms with Crippen molar-refractivity contribution in [2.45, 2.75) is 24.4 Å². The highest BCUT2D eigenvalue weighted by Gasteiger charge is 2.58. The summed E-state index contributed by atoms with van der Waals surface area (Å²) >= 11 is 0. The van der Waals surface area contributed by atoms with E-state index in [0.29, 0.717) is 0 Å². The Morgan fingerprint density at radius 1 is 1.05 bits per heavy atom. The van der Waals surface area contributed by atoms with Gasteiger partial charge in [-0.3, -0.25) is 4.79 Å². The fourth-order valence-electron chi connectivity index (χ4n) is 4.36. The molecule has 2 unspecified atom stereocenters. The lowest BCUT2D eigenvalue weighted by atomic mass is 9.80. The van der Waals surface area contributed by atoms with Crippen LogP contribution in [0.3, 0.4) is 0 Å². The Morgan fingerprint density at radius 3 is 2.73 bits per heavy atom. The lowest BCUT2D eigenvalue weighted by molar-refractivity contribution is -0.120. The van der Waals surface area contributed by atoms with Gasteiger partial charge in [0.15, 0.2) is 5.54 Å². The number of carbonyl (C=O) groups excluding carboxylic acids is 1. The number of rotatable bonds is 0. The molecule has 4 nitrogen and oxygen atoms in total. The van der Waals surface area contributed by atoms with Crippen LogP contribution < -0.4 is 15.5 Å². The third-order valence-electron chi connectivity index (χ3n) is 5.26. The number of para-hydroxylation sites is 3. The average molecular weight is 291 g/mol. The van der Waals surface area contributed by atoms with Gasteiger partial charge in [0.05, 0.1) is 17.4 Å². The van der Waals surface area contributed by atoms with E-state index in [2.05, 4.69) is 39.8 Å². The van der Waals surface area contributed by atoms with E-state index in [9.17, 15) is 4.79 Å². The van der Waals surface area contributed by atoms with E-state index < -0.39 is 5.54 Å². The van der Waals surface area contributed by atoms with Crippen molar-refractivity contribution in [1.29, 1.82) is 0 Å². The van der Waals surface area contributed by atoms with Crippen LogP contribution in [0, 0.1) is 0 Å². The van der Waals surface area contributed by atoms with Crippen LogP contribution in [0.4, 0.5) is 17.1 Å². The second-order valence-corrected chi connectivity index (χ2v) is 6.30. The normalized spacial score (nSPS) is 27.9. The van der Waals surface area contributed by atoms with Crippen LogP contribution in [0.25, 0.3) is 0 Å². The van der Waals surface area contributed by atoms with Crippen LogP contribution >= 0.6 is 0 Å². The smallest absolute Gasteiger partial charge is 0.256 e. The zero-order valence-corrected chi connectivity index (χ0v) is 12.2. The second kappa shape index (κ2) is 4.03. The summed E-state index contributed by atoms with van der Waals surface area (Å²) in [5, 5.41) is 6.67. The van der Waals surface area contributed by atoms with Gasteiger partial charge in [-0.25, -0.2) is 0 Å². The number of nitrogens with one attached hydrogen (secondary N) is 2. The maximum absolute atomic E-state index is 13.0. The van der Waals surface area contributed by atoms with Crippen molar-refractivity contribution in [3.05, 3.63) is 54.1 Å². The number of benzene rings is 2. The first kappa shape index (κ1) is 12.1. The van der Waals surface area contributed by atoms with Gasteiger partial charge in [-0.05, 0) is 31.0 Å². The lowest BCUT2D eigenvalue weighted by Gasteiger charge is -2.46. The molecule has 5 rings (SSSR count). The minimum Gasteiger partial charge on any atom is -0.364 e. The van der Waals surface area contributed by atoms with E-state index in [0.717, 1.165) is 36.3 Å². The third kappa shape index (κ3) is 1.30. The summed E-state index contributed by atoms with van der Waals surface area (Å²) in [5.41, 5.74) is 3.61. The highest BCUT2D eigenvalue weighted by Crippen LogP contribution is 2.51. The predicted molar refractivity (Wildman–Crippen MR) is 87.2 cm³/mol. The molecule has 4 heteroatoms. The Morgan fingerprint density at radius 2 is 1.82 bits per heavy atom. The Labute approximate surface area is 129 Å². The highest BCUT2D eigenvalue weighted by atomic mass is 16.2. The molecule has 3 heterocycles. The van der Waals surface area contributed by atoms with E-state index in [4.69, 9.17) is 0 Å². The van der Waals surface area contributed by atoms with Gasteiger partial charge in [0.2, 0.25) is 0 Å². The Balaban J connectivity index is 1.77. The minimum absolute atomic E-state index is 0.0695. The summed E-state index contributed by atoms with van der Waals surface area (Å²) in [5.74, 6) is 0.0695. The molecule has 0 bridgehead atoms. The van der Waals surface area contributed by atoms with E-state index in [1.54, 1.807) is 0 Å². The number of amides is 1. The van der Waals surface area contributed by atoms with Gasteiger partial charge in [-0.15, -0.1) is 0 Å². The van der Waals surface area contributed by atoms with Gasteiger partial charge in [0.1, 0.15) is 0 Å². The molecule has 1 amide bonds. The summed E-state index contributed by atoms with van der Waals surface area (Å²) in [6.45, 7) is 1.01. The lowest BCUT2D eigenvalue weighted by Crippen LogP contribution is -2.59. The number of hydrogen-bond donors (Lipinski definition) is 2. The fraction of sp³-hybridized carbons (Fsp3) is 0.278. The topological polar surface area (TPSA) is 44.4 Å². The molecule has 110 valence electrons. The first-order chi connectivity index (χ1) is 10.8. The van der Waals surface area contributed by atoms with E-state index >= 15 is 0 Å². The molecule has 0 aliphatic carbocycles. The molecule has 0 aromatic heterocycles. The Kier molecular flexibility index (Phi) is 2.22. The molecular formula is C18H17N3O. The summed E-state index contributed by atoms with van der Waals surface area (Å²) in [6, 6.07) is 16.5. The summed E-state index contributed by atoms with van der Waals surface area (Å²) in [4.78, 5) is 15.4. The van der Waals surface area contributed by atoms with Crippen molar-refractivity contribution in [3.63, 3.8) is 0 Å². The molecule has 1 fully saturated rings. The van der Waals surface area contributed by atoms with E-state index in [1.807, 2.05) is 24.3 Å². The molecule has 3 aliphatic rings. The largest absolute Gasteiger partial charge is 0.364 e. The SMILES string of the molecule is O=C1Nc2ccccc2C12Nc1ccccc1N1CCCC12. The first-order valence-corrected chi connectivity index (χ1v) is 7.85. The van der Waals surface area contributed by atoms with Crippen molar-refractivity contribution < 1.29 is 4.79 Å². The Hall–Kier alpha value is -2.49. The molecule has 0 radical (unpaired) electrons. The molecule has 1 saturated heterocycles. The van der Waals surface area contributed by atoms with Crippen molar-refractivity contribution >= 4 is 23.0 Å². The first-order valence-electron chi connectivity index (χ1n) is 7.85. The summed E-state index contributed by atoms with van der Waals surface area (Å²) < 4.78 is 0. The number of carbonyl (C=O) groups is 1. The van der Waals surface area contributed by atoms with Crippen LogP contribution in [0.2, 0.25) is 0 Å². The van der Waals surface area contributed by atoms with Gasteiger partial charge in [-0.2, -0.15) is 0 Å². The highest BCUT2D eigenvalue weighted by molar-refractivity contribution is 6.10. The van der Waals surface area contributed by atoms with Crippen LogP contribution in [0.5, 0.6) is 0 Å². The number of fused-ring (bicyclic) bond motifs is 6.